The van der Waals surface area contributed by atoms with Gasteiger partial charge in [-0.3, -0.25) is 4.90 Å². The van der Waals surface area contributed by atoms with Crippen LogP contribution in [0, 0.1) is 0 Å². The number of hydrogen-bond acceptors (Lipinski definition) is 5. The van der Waals surface area contributed by atoms with Crippen LogP contribution in [0.4, 0.5) is 16.2 Å². The summed E-state index contributed by atoms with van der Waals surface area (Å²) in [6, 6.07) is 12.9. The quantitative estimate of drug-likeness (QED) is 0.241. The van der Waals surface area contributed by atoms with Gasteiger partial charge in [-0.25, -0.2) is 9.59 Å². The number of methoxy groups -OCH3 is 1. The van der Waals surface area contributed by atoms with Gasteiger partial charge in [-0.05, 0) is 49.6 Å². The standard InChI is InChI=1S/C22H25N3O4/c1-5-8-18-9-6-7-10-20(18)25(16(3)21(26)29-4)22(27)23-19-13-11-17(12-14-19)15(2)24-28/h5-7,9-14,16,28H,1,8H2,2-4H3,(H,23,27). The lowest BCUT2D eigenvalue weighted by Gasteiger charge is -2.29. The SMILES string of the molecule is C=CCc1ccccc1N(C(=O)Nc1ccc(C(C)=NO)cc1)C(C)C(=O)OC. The van der Waals surface area contributed by atoms with E-state index in [0.717, 1.165) is 11.1 Å². The third-order valence-corrected chi connectivity index (χ3v) is 4.47. The van der Waals surface area contributed by atoms with Gasteiger partial charge in [-0.15, -0.1) is 6.58 Å². The van der Waals surface area contributed by atoms with Crippen molar-refractivity contribution in [2.45, 2.75) is 26.3 Å². The minimum absolute atomic E-state index is 0.460. The molecule has 0 heterocycles. The van der Waals surface area contributed by atoms with Crippen molar-refractivity contribution < 1.29 is 19.5 Å². The maximum atomic E-state index is 13.1. The smallest absolute Gasteiger partial charge is 0.328 e. The Kier molecular flexibility index (Phi) is 7.54. The van der Waals surface area contributed by atoms with E-state index in [-0.39, 0.29) is 0 Å². The number of oxime groups is 1. The summed E-state index contributed by atoms with van der Waals surface area (Å²) in [5, 5.41) is 14.8. The Morgan fingerprint density at radius 3 is 2.48 bits per heavy atom. The van der Waals surface area contributed by atoms with Crippen molar-refractivity contribution in [2.75, 3.05) is 17.3 Å². The number of carbonyl (C=O) groups excluding carboxylic acids is 2. The number of ether oxygens (including phenoxy) is 1. The molecular formula is C22H25N3O4. The monoisotopic (exact) mass is 395 g/mol. The van der Waals surface area contributed by atoms with Crippen molar-refractivity contribution in [3.63, 3.8) is 0 Å². The van der Waals surface area contributed by atoms with E-state index in [1.807, 2.05) is 12.1 Å². The molecule has 0 aliphatic heterocycles. The molecule has 0 bridgehead atoms. The van der Waals surface area contributed by atoms with Gasteiger partial charge in [0.1, 0.15) is 6.04 Å². The molecule has 7 heteroatoms. The summed E-state index contributed by atoms with van der Waals surface area (Å²) in [4.78, 5) is 26.7. The predicted octanol–water partition coefficient (Wildman–Crippen LogP) is 4.21. The predicted molar refractivity (Wildman–Crippen MR) is 114 cm³/mol. The molecule has 2 aromatic carbocycles. The van der Waals surface area contributed by atoms with Gasteiger partial charge in [0.05, 0.1) is 12.8 Å². The van der Waals surface area contributed by atoms with E-state index in [0.29, 0.717) is 23.5 Å². The highest BCUT2D eigenvalue weighted by atomic mass is 16.5. The minimum atomic E-state index is -0.839. The minimum Gasteiger partial charge on any atom is -0.467 e. The molecule has 7 nitrogen and oxygen atoms in total. The highest BCUT2D eigenvalue weighted by Crippen LogP contribution is 2.25. The van der Waals surface area contributed by atoms with E-state index in [2.05, 4.69) is 17.1 Å². The molecule has 2 amide bonds. The molecule has 0 fully saturated rings. The van der Waals surface area contributed by atoms with Crippen LogP contribution < -0.4 is 10.2 Å². The second-order valence-electron chi connectivity index (χ2n) is 6.38. The summed E-state index contributed by atoms with van der Waals surface area (Å²) in [6.07, 6.45) is 2.28. The van der Waals surface area contributed by atoms with Crippen molar-refractivity contribution in [2.24, 2.45) is 5.16 Å². The largest absolute Gasteiger partial charge is 0.467 e. The third kappa shape index (κ3) is 5.22. The number of nitrogens with one attached hydrogen (secondary N) is 1. The highest BCUT2D eigenvalue weighted by molar-refractivity contribution is 6.06. The van der Waals surface area contributed by atoms with Crippen molar-refractivity contribution >= 4 is 29.1 Å². The Bertz CT molecular complexity index is 907. The fraction of sp³-hybridized carbons (Fsp3) is 0.227. The van der Waals surface area contributed by atoms with E-state index in [1.165, 1.54) is 12.0 Å². The molecule has 2 aromatic rings. The van der Waals surface area contributed by atoms with Crippen LogP contribution in [0.25, 0.3) is 0 Å². The maximum absolute atomic E-state index is 13.1. The van der Waals surface area contributed by atoms with Gasteiger partial charge in [0.25, 0.3) is 0 Å². The van der Waals surface area contributed by atoms with E-state index < -0.39 is 18.0 Å². The van der Waals surface area contributed by atoms with Crippen LogP contribution in [0.1, 0.15) is 25.0 Å². The lowest BCUT2D eigenvalue weighted by Crippen LogP contribution is -2.46. The highest BCUT2D eigenvalue weighted by Gasteiger charge is 2.29. The van der Waals surface area contributed by atoms with Crippen LogP contribution in [0.2, 0.25) is 0 Å². The second kappa shape index (κ2) is 10.1. The van der Waals surface area contributed by atoms with Crippen LogP contribution in [0.5, 0.6) is 0 Å². The molecule has 1 unspecified atom stereocenters. The Labute approximate surface area is 170 Å². The zero-order chi connectivity index (χ0) is 21.4. The molecule has 0 radical (unpaired) electrons. The molecule has 2 N–H and O–H groups in total. The summed E-state index contributed by atoms with van der Waals surface area (Å²) in [5.41, 5.74) is 3.18. The van der Waals surface area contributed by atoms with Crippen molar-refractivity contribution in [3.8, 4) is 0 Å². The van der Waals surface area contributed by atoms with E-state index >= 15 is 0 Å². The van der Waals surface area contributed by atoms with Gasteiger partial charge in [-0.1, -0.05) is 41.6 Å². The molecule has 0 spiro atoms. The molecule has 0 saturated heterocycles. The van der Waals surface area contributed by atoms with E-state index in [9.17, 15) is 9.59 Å². The molecule has 0 aliphatic carbocycles. The van der Waals surface area contributed by atoms with Crippen LogP contribution in [-0.2, 0) is 16.0 Å². The number of hydrogen-bond donors (Lipinski definition) is 2. The molecule has 29 heavy (non-hydrogen) atoms. The maximum Gasteiger partial charge on any atom is 0.328 e. The van der Waals surface area contributed by atoms with Gasteiger partial charge in [0.2, 0.25) is 0 Å². The number of allylic oxidation sites excluding steroid dienone is 1. The number of nitrogens with zero attached hydrogens (tertiary/aromatic N) is 2. The summed E-state index contributed by atoms with van der Waals surface area (Å²) < 4.78 is 4.85. The lowest BCUT2D eigenvalue weighted by atomic mass is 10.1. The van der Waals surface area contributed by atoms with Crippen LogP contribution in [0.3, 0.4) is 0 Å². The Hall–Kier alpha value is -3.61. The fourth-order valence-electron chi connectivity index (χ4n) is 2.88. The number of amides is 2. The zero-order valence-corrected chi connectivity index (χ0v) is 16.8. The first-order valence-electron chi connectivity index (χ1n) is 9.08. The first-order valence-corrected chi connectivity index (χ1v) is 9.08. The van der Waals surface area contributed by atoms with Crippen LogP contribution in [-0.4, -0.2) is 36.1 Å². The summed E-state index contributed by atoms with van der Waals surface area (Å²) in [5.74, 6) is -0.529. The lowest BCUT2D eigenvalue weighted by molar-refractivity contribution is -0.141. The third-order valence-electron chi connectivity index (χ3n) is 4.47. The first kappa shape index (κ1) is 21.7. The van der Waals surface area contributed by atoms with Gasteiger partial charge < -0.3 is 15.3 Å². The van der Waals surface area contributed by atoms with Gasteiger partial charge in [0.15, 0.2) is 0 Å². The molecule has 0 aliphatic rings. The van der Waals surface area contributed by atoms with Crippen molar-refractivity contribution in [1.82, 2.24) is 0 Å². The first-order chi connectivity index (χ1) is 13.9. The van der Waals surface area contributed by atoms with Gasteiger partial charge in [0, 0.05) is 11.4 Å². The number of rotatable bonds is 7. The average molecular weight is 395 g/mol. The molecule has 0 aromatic heterocycles. The number of para-hydroxylation sites is 1. The molecule has 2 rings (SSSR count). The molecule has 0 saturated carbocycles. The van der Waals surface area contributed by atoms with Gasteiger partial charge >= 0.3 is 12.0 Å². The normalized spacial score (nSPS) is 12.0. The summed E-state index contributed by atoms with van der Waals surface area (Å²) >= 11 is 0. The Morgan fingerprint density at radius 1 is 1.24 bits per heavy atom. The second-order valence-corrected chi connectivity index (χ2v) is 6.38. The number of esters is 1. The van der Waals surface area contributed by atoms with Crippen LogP contribution >= 0.6 is 0 Å². The Morgan fingerprint density at radius 2 is 1.90 bits per heavy atom. The van der Waals surface area contributed by atoms with E-state index in [1.54, 1.807) is 56.3 Å². The fourth-order valence-corrected chi connectivity index (χ4v) is 2.88. The topological polar surface area (TPSA) is 91.2 Å². The number of benzene rings is 2. The molecule has 1 atom stereocenters. The number of anilines is 2. The average Bonchev–Trinajstić information content (AvgIpc) is 2.74. The van der Waals surface area contributed by atoms with E-state index in [4.69, 9.17) is 9.94 Å². The van der Waals surface area contributed by atoms with Crippen molar-refractivity contribution in [1.29, 1.82) is 0 Å². The van der Waals surface area contributed by atoms with Crippen LogP contribution in [0.15, 0.2) is 66.3 Å². The number of carbonyl (C=O) groups is 2. The van der Waals surface area contributed by atoms with Gasteiger partial charge in [-0.2, -0.15) is 0 Å². The summed E-state index contributed by atoms with van der Waals surface area (Å²) in [6.45, 7) is 7.04. The summed E-state index contributed by atoms with van der Waals surface area (Å²) in [7, 11) is 1.29. The number of urea groups is 1. The van der Waals surface area contributed by atoms with Crippen molar-refractivity contribution in [3.05, 3.63) is 72.3 Å². The molecule has 152 valence electrons. The molecular weight excluding hydrogens is 370 g/mol. The zero-order valence-electron chi connectivity index (χ0n) is 16.8. The Balaban J connectivity index is 2.37.